The number of nitrogens with one attached hydrogen (secondary N) is 1. The molecular formula is C11H8N4O. The molecule has 2 aromatic heterocycles. The molecule has 0 saturated carbocycles. The first kappa shape index (κ1) is 8.84. The van der Waals surface area contributed by atoms with E-state index < -0.39 is 0 Å². The molecule has 0 saturated heterocycles. The van der Waals surface area contributed by atoms with Crippen molar-refractivity contribution in [2.75, 3.05) is 0 Å². The molecule has 0 unspecified atom stereocenters. The van der Waals surface area contributed by atoms with Gasteiger partial charge in [0.05, 0.1) is 0 Å². The Morgan fingerprint density at radius 3 is 2.69 bits per heavy atom. The van der Waals surface area contributed by atoms with Crippen molar-refractivity contribution in [3.8, 4) is 11.4 Å². The summed E-state index contributed by atoms with van der Waals surface area (Å²) < 4.78 is 1.38. The molecule has 0 amide bonds. The molecule has 2 heterocycles. The van der Waals surface area contributed by atoms with Gasteiger partial charge in [0.1, 0.15) is 0 Å². The molecule has 78 valence electrons. The fourth-order valence-electron chi connectivity index (χ4n) is 1.52. The fraction of sp³-hybridized carbons (Fsp3) is 0. The number of benzene rings is 1. The van der Waals surface area contributed by atoms with Gasteiger partial charge in [0.15, 0.2) is 11.5 Å². The molecule has 0 fully saturated rings. The van der Waals surface area contributed by atoms with Crippen LogP contribution < -0.4 is 5.56 Å². The highest BCUT2D eigenvalue weighted by molar-refractivity contribution is 5.57. The average molecular weight is 212 g/mol. The largest absolute Gasteiger partial charge is 0.268 e. The number of hydrogen-bond acceptors (Lipinski definition) is 3. The second-order valence-electron chi connectivity index (χ2n) is 3.38. The molecular weight excluding hydrogens is 204 g/mol. The molecule has 3 rings (SSSR count). The summed E-state index contributed by atoms with van der Waals surface area (Å²) in [5.41, 5.74) is 1.35. The van der Waals surface area contributed by atoms with Gasteiger partial charge in [-0.05, 0) is 6.07 Å². The normalized spacial score (nSPS) is 10.8. The monoisotopic (exact) mass is 212 g/mol. The third-order valence-electron chi connectivity index (χ3n) is 2.26. The zero-order valence-corrected chi connectivity index (χ0v) is 8.29. The number of hydrogen-bond donors (Lipinski definition) is 1. The first-order chi connectivity index (χ1) is 7.83. The molecule has 0 atom stereocenters. The van der Waals surface area contributed by atoms with E-state index in [9.17, 15) is 4.79 Å². The van der Waals surface area contributed by atoms with Crippen LogP contribution in [0.2, 0.25) is 0 Å². The van der Waals surface area contributed by atoms with E-state index in [-0.39, 0.29) is 5.56 Å². The quantitative estimate of drug-likeness (QED) is 0.656. The van der Waals surface area contributed by atoms with Crippen molar-refractivity contribution in [1.82, 2.24) is 19.8 Å². The smallest absolute Gasteiger partial charge is 0.264 e. The van der Waals surface area contributed by atoms with Crippen LogP contribution in [0.1, 0.15) is 0 Å². The lowest BCUT2D eigenvalue weighted by molar-refractivity contribution is 0.784. The van der Waals surface area contributed by atoms with Crippen molar-refractivity contribution in [1.29, 1.82) is 0 Å². The number of nitrogens with zero attached hydrogens (tertiary/aromatic N) is 3. The molecule has 16 heavy (non-hydrogen) atoms. The van der Waals surface area contributed by atoms with Crippen LogP contribution in [0, 0.1) is 0 Å². The molecule has 5 nitrogen and oxygen atoms in total. The highest BCUT2D eigenvalue weighted by atomic mass is 16.1. The third-order valence-corrected chi connectivity index (χ3v) is 2.26. The van der Waals surface area contributed by atoms with Crippen LogP contribution in [0.25, 0.3) is 17.0 Å². The summed E-state index contributed by atoms with van der Waals surface area (Å²) in [7, 11) is 0. The van der Waals surface area contributed by atoms with Gasteiger partial charge in [0.2, 0.25) is 0 Å². The van der Waals surface area contributed by atoms with Gasteiger partial charge in [-0.25, -0.2) is 10.1 Å². The summed E-state index contributed by atoms with van der Waals surface area (Å²) in [5.74, 6) is 0.599. The van der Waals surface area contributed by atoms with Gasteiger partial charge in [-0.15, -0.1) is 5.10 Å². The summed E-state index contributed by atoms with van der Waals surface area (Å²) in [6, 6.07) is 12.7. The molecule has 3 aromatic rings. The standard InChI is InChI=1S/C11H8N4O/c16-10-7-6-9-12-11(14-15(9)13-10)8-4-2-1-3-5-8/h1-7H,(H,13,16). The topological polar surface area (TPSA) is 63.1 Å². The molecule has 0 aliphatic carbocycles. The van der Waals surface area contributed by atoms with Gasteiger partial charge < -0.3 is 0 Å². The van der Waals surface area contributed by atoms with Crippen LogP contribution in [0.4, 0.5) is 0 Å². The second kappa shape index (κ2) is 3.30. The Morgan fingerprint density at radius 1 is 1.06 bits per heavy atom. The minimum Gasteiger partial charge on any atom is -0.268 e. The Kier molecular flexibility index (Phi) is 1.83. The lowest BCUT2D eigenvalue weighted by atomic mass is 10.2. The van der Waals surface area contributed by atoms with Crippen molar-refractivity contribution < 1.29 is 0 Å². The van der Waals surface area contributed by atoms with Crippen LogP contribution in [-0.4, -0.2) is 19.8 Å². The highest BCUT2D eigenvalue weighted by Crippen LogP contribution is 2.13. The number of fused-ring (bicyclic) bond motifs is 1. The molecule has 0 radical (unpaired) electrons. The fourth-order valence-corrected chi connectivity index (χ4v) is 1.52. The Balaban J connectivity index is 2.23. The SMILES string of the molecule is O=c1ccc2nc(-c3ccccc3)nn2[nH]1. The number of H-pyrrole nitrogens is 1. The van der Waals surface area contributed by atoms with Crippen molar-refractivity contribution in [3.63, 3.8) is 0 Å². The van der Waals surface area contributed by atoms with E-state index in [4.69, 9.17) is 0 Å². The molecule has 0 spiro atoms. The highest BCUT2D eigenvalue weighted by Gasteiger charge is 2.05. The molecule has 0 bridgehead atoms. The molecule has 1 N–H and O–H groups in total. The molecule has 1 aromatic carbocycles. The van der Waals surface area contributed by atoms with Gasteiger partial charge >= 0.3 is 0 Å². The van der Waals surface area contributed by atoms with Crippen molar-refractivity contribution in [3.05, 3.63) is 52.8 Å². The van der Waals surface area contributed by atoms with Crippen LogP contribution in [0.3, 0.4) is 0 Å². The van der Waals surface area contributed by atoms with E-state index in [1.165, 1.54) is 10.7 Å². The minimum atomic E-state index is -0.197. The van der Waals surface area contributed by atoms with Gasteiger partial charge in [0, 0.05) is 11.6 Å². The zero-order valence-electron chi connectivity index (χ0n) is 8.29. The first-order valence-corrected chi connectivity index (χ1v) is 4.84. The van der Waals surface area contributed by atoms with Crippen LogP contribution in [-0.2, 0) is 0 Å². The summed E-state index contributed by atoms with van der Waals surface area (Å²) in [4.78, 5) is 15.4. The van der Waals surface area contributed by atoms with Crippen molar-refractivity contribution in [2.24, 2.45) is 0 Å². The number of aromatic amines is 1. The summed E-state index contributed by atoms with van der Waals surface area (Å²) in [5, 5.41) is 6.76. The maximum Gasteiger partial charge on any atom is 0.264 e. The Morgan fingerprint density at radius 2 is 1.88 bits per heavy atom. The summed E-state index contributed by atoms with van der Waals surface area (Å²) in [6.07, 6.45) is 0. The zero-order chi connectivity index (χ0) is 11.0. The predicted molar refractivity (Wildman–Crippen MR) is 59.0 cm³/mol. The van der Waals surface area contributed by atoms with E-state index in [1.54, 1.807) is 6.07 Å². The van der Waals surface area contributed by atoms with Gasteiger partial charge in [-0.3, -0.25) is 4.79 Å². The van der Waals surface area contributed by atoms with Gasteiger partial charge in [0.25, 0.3) is 5.56 Å². The van der Waals surface area contributed by atoms with Crippen LogP contribution in [0.5, 0.6) is 0 Å². The van der Waals surface area contributed by atoms with E-state index in [0.717, 1.165) is 5.56 Å². The predicted octanol–water partition coefficient (Wildman–Crippen LogP) is 1.08. The van der Waals surface area contributed by atoms with E-state index >= 15 is 0 Å². The molecule has 0 aliphatic rings. The minimum absolute atomic E-state index is 0.197. The number of rotatable bonds is 1. The van der Waals surface area contributed by atoms with E-state index in [0.29, 0.717) is 11.5 Å². The Labute approximate surface area is 90.4 Å². The Hall–Kier alpha value is -2.43. The van der Waals surface area contributed by atoms with Crippen molar-refractivity contribution in [2.45, 2.75) is 0 Å². The maximum absolute atomic E-state index is 11.1. The lowest BCUT2D eigenvalue weighted by Gasteiger charge is -1.90. The van der Waals surface area contributed by atoms with Crippen LogP contribution >= 0.6 is 0 Å². The number of aromatic nitrogens is 4. The summed E-state index contributed by atoms with van der Waals surface area (Å²) >= 11 is 0. The maximum atomic E-state index is 11.1. The first-order valence-electron chi connectivity index (χ1n) is 4.84. The Bertz CT molecular complexity index is 684. The molecule has 0 aliphatic heterocycles. The summed E-state index contributed by atoms with van der Waals surface area (Å²) in [6.45, 7) is 0. The van der Waals surface area contributed by atoms with E-state index in [2.05, 4.69) is 15.2 Å². The van der Waals surface area contributed by atoms with Gasteiger partial charge in [-0.2, -0.15) is 4.63 Å². The van der Waals surface area contributed by atoms with Gasteiger partial charge in [-0.1, -0.05) is 30.3 Å². The molecule has 5 heteroatoms. The lowest BCUT2D eigenvalue weighted by Crippen LogP contribution is -2.09. The second-order valence-corrected chi connectivity index (χ2v) is 3.38. The average Bonchev–Trinajstić information content (AvgIpc) is 2.73. The van der Waals surface area contributed by atoms with Crippen molar-refractivity contribution >= 4 is 5.65 Å². The van der Waals surface area contributed by atoms with E-state index in [1.807, 2.05) is 30.3 Å². The van der Waals surface area contributed by atoms with Crippen LogP contribution in [0.15, 0.2) is 47.3 Å². The third kappa shape index (κ3) is 1.38.